The molecular weight excluding hydrogens is 443 g/mol. The molecule has 3 aromatic rings. The van der Waals surface area contributed by atoms with Crippen LogP contribution in [0.25, 0.3) is 21.9 Å². The highest BCUT2D eigenvalue weighted by Gasteiger charge is 2.45. The Labute approximate surface area is 203 Å². The molecule has 0 spiro atoms. The molecule has 1 saturated heterocycles. The van der Waals surface area contributed by atoms with Gasteiger partial charge in [0.1, 0.15) is 17.2 Å². The van der Waals surface area contributed by atoms with Gasteiger partial charge >= 0.3 is 0 Å². The molecule has 2 aliphatic heterocycles. The average Bonchev–Trinajstić information content (AvgIpc) is 3.64. The van der Waals surface area contributed by atoms with Crippen molar-refractivity contribution < 1.29 is 14.0 Å². The Balaban J connectivity index is 1.27. The number of fused-ring (bicyclic) bond motifs is 1. The fourth-order valence-corrected chi connectivity index (χ4v) is 5.12. The number of hydrogen-bond donors (Lipinski definition) is 0. The zero-order valence-corrected chi connectivity index (χ0v) is 19.9. The van der Waals surface area contributed by atoms with E-state index in [0.29, 0.717) is 31.0 Å². The lowest BCUT2D eigenvalue weighted by Gasteiger charge is -2.41. The number of hydrogen-bond acceptors (Lipinski definition) is 4. The molecule has 0 radical (unpaired) electrons. The quantitative estimate of drug-likeness (QED) is 0.559. The van der Waals surface area contributed by atoms with Gasteiger partial charge in [0.2, 0.25) is 5.91 Å². The molecular formula is C28H27FN4O2. The maximum absolute atomic E-state index is 15.6. The Bertz CT molecular complexity index is 1380. The van der Waals surface area contributed by atoms with E-state index in [0.717, 1.165) is 34.7 Å². The molecule has 3 heterocycles. The van der Waals surface area contributed by atoms with Crippen LogP contribution in [0.5, 0.6) is 0 Å². The van der Waals surface area contributed by atoms with Gasteiger partial charge in [-0.15, -0.1) is 0 Å². The summed E-state index contributed by atoms with van der Waals surface area (Å²) in [6.45, 7) is 5.24. The number of carbonyl (C=O) groups is 2. The number of amides is 2. The monoisotopic (exact) mass is 470 g/mol. The summed E-state index contributed by atoms with van der Waals surface area (Å²) in [6.07, 6.45) is 5.50. The van der Waals surface area contributed by atoms with E-state index in [4.69, 9.17) is 0 Å². The molecule has 0 atom stereocenters. The topological polar surface area (TPSA) is 65.9 Å². The van der Waals surface area contributed by atoms with Crippen LogP contribution in [0.1, 0.15) is 32.3 Å². The first-order chi connectivity index (χ1) is 16.8. The van der Waals surface area contributed by atoms with Crippen LogP contribution in [-0.2, 0) is 9.59 Å². The standard InChI is InChI=1S/C28H27FN4O2/c1-28(2)27(35)33(16-17-14-32(15-17)26(34)18-6-7-18)25(31-28)23-9-8-19(12-24(23)29)21-5-3-4-20-13-30-11-10-22(20)21/h3-5,8-13,17-18H,6-7,14-16H2,1-2H3. The SMILES string of the molecule is CC1(C)N=C(c2ccc(-c3cccc4cnccc34)cc2F)N(CC2CN(C(=O)C3CC3)C2)C1=O. The van der Waals surface area contributed by atoms with Crippen LogP contribution in [0.2, 0.25) is 0 Å². The van der Waals surface area contributed by atoms with Crippen molar-refractivity contribution in [3.63, 3.8) is 0 Å². The van der Waals surface area contributed by atoms with Gasteiger partial charge in [-0.2, -0.15) is 0 Å². The number of likely N-dealkylation sites (tertiary alicyclic amines) is 1. The first-order valence-corrected chi connectivity index (χ1v) is 12.2. The lowest BCUT2D eigenvalue weighted by atomic mass is 9.96. The first-order valence-electron chi connectivity index (χ1n) is 12.2. The summed E-state index contributed by atoms with van der Waals surface area (Å²) >= 11 is 0. The maximum atomic E-state index is 15.6. The van der Waals surface area contributed by atoms with Gasteiger partial charge in [0.05, 0.1) is 5.56 Å². The average molecular weight is 471 g/mol. The number of pyridine rings is 1. The maximum Gasteiger partial charge on any atom is 0.255 e. The van der Waals surface area contributed by atoms with Crippen LogP contribution in [0, 0.1) is 17.7 Å². The van der Waals surface area contributed by atoms with Gasteiger partial charge in [-0.1, -0.05) is 24.3 Å². The Kier molecular flexibility index (Phi) is 4.99. The normalized spacial score (nSPS) is 19.7. The Hall–Kier alpha value is -3.61. The highest BCUT2D eigenvalue weighted by molar-refractivity contribution is 6.15. The Morgan fingerprint density at radius 1 is 1.11 bits per heavy atom. The molecule has 2 aromatic carbocycles. The zero-order chi connectivity index (χ0) is 24.3. The summed E-state index contributed by atoms with van der Waals surface area (Å²) in [5, 5.41) is 1.99. The fraction of sp³-hybridized carbons (Fsp3) is 0.357. The second-order valence-corrected chi connectivity index (χ2v) is 10.4. The van der Waals surface area contributed by atoms with Crippen LogP contribution in [0.4, 0.5) is 4.39 Å². The molecule has 35 heavy (non-hydrogen) atoms. The van der Waals surface area contributed by atoms with Crippen molar-refractivity contribution in [2.45, 2.75) is 32.2 Å². The number of rotatable bonds is 5. The van der Waals surface area contributed by atoms with Crippen LogP contribution in [0.3, 0.4) is 0 Å². The van der Waals surface area contributed by atoms with Gasteiger partial charge in [-0.05, 0) is 61.4 Å². The minimum absolute atomic E-state index is 0.135. The van der Waals surface area contributed by atoms with Crippen LogP contribution >= 0.6 is 0 Å². The molecule has 178 valence electrons. The third-order valence-corrected chi connectivity index (χ3v) is 7.25. The molecule has 1 aromatic heterocycles. The molecule has 6 nitrogen and oxygen atoms in total. The summed E-state index contributed by atoms with van der Waals surface area (Å²) in [5.74, 6) is 0.428. The molecule has 2 amide bonds. The lowest BCUT2D eigenvalue weighted by Crippen LogP contribution is -2.55. The number of amidine groups is 1. The Morgan fingerprint density at radius 2 is 1.91 bits per heavy atom. The highest BCUT2D eigenvalue weighted by atomic mass is 19.1. The number of aliphatic imine (C=N–C) groups is 1. The van der Waals surface area contributed by atoms with Crippen molar-refractivity contribution in [1.29, 1.82) is 0 Å². The van der Waals surface area contributed by atoms with Gasteiger partial charge in [0, 0.05) is 49.2 Å². The molecule has 6 rings (SSSR count). The van der Waals surface area contributed by atoms with E-state index < -0.39 is 11.4 Å². The van der Waals surface area contributed by atoms with Gasteiger partial charge in [-0.25, -0.2) is 4.39 Å². The predicted molar refractivity (Wildman–Crippen MR) is 132 cm³/mol. The fourth-order valence-electron chi connectivity index (χ4n) is 5.12. The van der Waals surface area contributed by atoms with E-state index >= 15 is 4.39 Å². The minimum Gasteiger partial charge on any atom is -0.342 e. The molecule has 0 unspecified atom stereocenters. The van der Waals surface area contributed by atoms with Crippen molar-refractivity contribution >= 4 is 28.4 Å². The zero-order valence-electron chi connectivity index (χ0n) is 19.9. The van der Waals surface area contributed by atoms with Crippen LogP contribution in [-0.4, -0.2) is 57.6 Å². The largest absolute Gasteiger partial charge is 0.342 e. The van der Waals surface area contributed by atoms with Crippen molar-refractivity contribution in [2.24, 2.45) is 16.8 Å². The first kappa shape index (κ1) is 21.9. The minimum atomic E-state index is -0.948. The molecule has 7 heteroatoms. The smallest absolute Gasteiger partial charge is 0.255 e. The summed E-state index contributed by atoms with van der Waals surface area (Å²) in [4.78, 5) is 37.7. The van der Waals surface area contributed by atoms with Crippen molar-refractivity contribution in [2.75, 3.05) is 19.6 Å². The third-order valence-electron chi connectivity index (χ3n) is 7.25. The molecule has 1 saturated carbocycles. The van der Waals surface area contributed by atoms with Crippen LogP contribution < -0.4 is 0 Å². The van der Waals surface area contributed by atoms with Crippen molar-refractivity contribution in [3.8, 4) is 11.1 Å². The number of carbonyl (C=O) groups excluding carboxylic acids is 2. The second kappa shape index (κ2) is 7.97. The molecule has 0 N–H and O–H groups in total. The number of benzene rings is 2. The second-order valence-electron chi connectivity index (χ2n) is 10.4. The number of aromatic nitrogens is 1. The van der Waals surface area contributed by atoms with Gasteiger partial charge in [0.25, 0.3) is 5.91 Å². The van der Waals surface area contributed by atoms with Crippen molar-refractivity contribution in [3.05, 3.63) is 66.2 Å². The van der Waals surface area contributed by atoms with E-state index in [1.54, 1.807) is 37.2 Å². The number of halogens is 1. The molecule has 1 aliphatic carbocycles. The highest BCUT2D eigenvalue weighted by Crippen LogP contribution is 2.35. The lowest BCUT2D eigenvalue weighted by molar-refractivity contribution is -0.140. The van der Waals surface area contributed by atoms with E-state index in [-0.39, 0.29) is 23.7 Å². The summed E-state index contributed by atoms with van der Waals surface area (Å²) in [6, 6.07) is 12.9. The van der Waals surface area contributed by atoms with Gasteiger partial charge < -0.3 is 4.90 Å². The van der Waals surface area contributed by atoms with Gasteiger partial charge in [0.15, 0.2) is 0 Å². The van der Waals surface area contributed by atoms with E-state index in [2.05, 4.69) is 9.98 Å². The number of nitrogens with zero attached hydrogens (tertiary/aromatic N) is 4. The van der Waals surface area contributed by atoms with E-state index in [1.807, 2.05) is 35.2 Å². The molecule has 3 aliphatic rings. The van der Waals surface area contributed by atoms with Gasteiger partial charge in [-0.3, -0.25) is 24.5 Å². The van der Waals surface area contributed by atoms with Crippen LogP contribution in [0.15, 0.2) is 59.9 Å². The summed E-state index contributed by atoms with van der Waals surface area (Å²) < 4.78 is 15.6. The molecule has 2 fully saturated rings. The summed E-state index contributed by atoms with van der Waals surface area (Å²) in [7, 11) is 0. The van der Waals surface area contributed by atoms with E-state index in [1.165, 1.54) is 6.07 Å². The van der Waals surface area contributed by atoms with Crippen molar-refractivity contribution in [1.82, 2.24) is 14.8 Å². The Morgan fingerprint density at radius 3 is 2.66 bits per heavy atom. The third kappa shape index (κ3) is 3.79. The molecule has 0 bridgehead atoms. The predicted octanol–water partition coefficient (Wildman–Crippen LogP) is 4.28. The van der Waals surface area contributed by atoms with E-state index in [9.17, 15) is 9.59 Å². The summed E-state index contributed by atoms with van der Waals surface area (Å²) in [5.41, 5.74) is 1.05.